The van der Waals surface area contributed by atoms with Crippen molar-refractivity contribution in [3.63, 3.8) is 0 Å². The van der Waals surface area contributed by atoms with Crippen LogP contribution < -0.4 is 16.7 Å². The third-order valence-electron chi connectivity index (χ3n) is 3.55. The second-order valence-corrected chi connectivity index (χ2v) is 5.14. The van der Waals surface area contributed by atoms with Crippen molar-refractivity contribution in [2.45, 2.75) is 12.7 Å². The van der Waals surface area contributed by atoms with Crippen molar-refractivity contribution in [2.24, 2.45) is 7.05 Å². The summed E-state index contributed by atoms with van der Waals surface area (Å²) in [6.45, 7) is -0.0671. The highest BCUT2D eigenvalue weighted by Crippen LogP contribution is 2.27. The molecule has 2 rings (SSSR count). The first-order valence-corrected chi connectivity index (χ1v) is 7.00. The van der Waals surface area contributed by atoms with Gasteiger partial charge in [-0.25, -0.2) is 13.8 Å². The number of rotatable bonds is 4. The molecule has 0 fully saturated rings. The molecule has 0 bridgehead atoms. The van der Waals surface area contributed by atoms with Gasteiger partial charge in [-0.1, -0.05) is 0 Å². The van der Waals surface area contributed by atoms with E-state index in [4.69, 9.17) is 5.26 Å². The molecule has 1 aromatic carbocycles. The maximum Gasteiger partial charge on any atom is 0.431 e. The van der Waals surface area contributed by atoms with Crippen LogP contribution in [0.2, 0.25) is 0 Å². The number of hydrogen-bond acceptors (Lipinski definition) is 5. The molecule has 11 heteroatoms. The predicted octanol–water partition coefficient (Wildman–Crippen LogP) is 1.22. The van der Waals surface area contributed by atoms with E-state index < -0.39 is 34.6 Å². The number of nitriles is 1. The van der Waals surface area contributed by atoms with Crippen molar-refractivity contribution in [3.05, 3.63) is 61.7 Å². The van der Waals surface area contributed by atoms with E-state index in [2.05, 4.69) is 10.3 Å². The Bertz CT molecular complexity index is 1000. The highest BCUT2D eigenvalue weighted by atomic mass is 19.4. The minimum absolute atomic E-state index is 0.0671. The molecule has 2 aromatic rings. The average Bonchev–Trinajstić information content (AvgIpc) is 2.56. The van der Waals surface area contributed by atoms with Crippen LogP contribution in [0.4, 0.5) is 17.6 Å². The minimum atomic E-state index is -4.93. The van der Waals surface area contributed by atoms with Crippen LogP contribution in [0.3, 0.4) is 0 Å². The quantitative estimate of drug-likeness (QED) is 0.644. The van der Waals surface area contributed by atoms with Gasteiger partial charge in [0, 0.05) is 19.7 Å². The first-order chi connectivity index (χ1) is 12.1. The molecular weight excluding hydrogens is 360 g/mol. The standard InChI is InChI=1S/C15H12F4N4O3/c1-22-12(15(17,18)19)5-13(24)23(14(22)25)11-4-9(7-21-26-2)8(6-20)3-10(11)16/h3-5,21H,7H2,1-2H3. The summed E-state index contributed by atoms with van der Waals surface area (Å²) in [5, 5.41) is 9.04. The van der Waals surface area contributed by atoms with Crippen LogP contribution in [0.5, 0.6) is 0 Å². The molecule has 7 nitrogen and oxygen atoms in total. The van der Waals surface area contributed by atoms with Crippen LogP contribution in [0.15, 0.2) is 27.8 Å². The fourth-order valence-electron chi connectivity index (χ4n) is 2.30. The summed E-state index contributed by atoms with van der Waals surface area (Å²) in [5.41, 5.74) is -2.26. The van der Waals surface area contributed by atoms with Crippen molar-refractivity contribution in [1.82, 2.24) is 14.6 Å². The fourth-order valence-corrected chi connectivity index (χ4v) is 2.30. The van der Waals surface area contributed by atoms with E-state index in [1.54, 1.807) is 6.07 Å². The average molecular weight is 372 g/mol. The molecule has 0 spiro atoms. The zero-order chi connectivity index (χ0) is 19.6. The second kappa shape index (κ2) is 7.11. The van der Waals surface area contributed by atoms with Crippen molar-refractivity contribution in [1.29, 1.82) is 5.26 Å². The van der Waals surface area contributed by atoms with Crippen molar-refractivity contribution >= 4 is 0 Å². The summed E-state index contributed by atoms with van der Waals surface area (Å²) in [5.74, 6) is -1.11. The minimum Gasteiger partial charge on any atom is -0.305 e. The maximum atomic E-state index is 14.3. The smallest absolute Gasteiger partial charge is 0.305 e. The van der Waals surface area contributed by atoms with Gasteiger partial charge < -0.3 is 4.84 Å². The second-order valence-electron chi connectivity index (χ2n) is 5.14. The predicted molar refractivity (Wildman–Crippen MR) is 80.8 cm³/mol. The molecule has 1 aromatic heterocycles. The van der Waals surface area contributed by atoms with Crippen LogP contribution in [0.25, 0.3) is 5.69 Å². The van der Waals surface area contributed by atoms with Crippen LogP contribution in [-0.2, 0) is 24.6 Å². The molecular formula is C15H12F4N4O3. The van der Waals surface area contributed by atoms with Gasteiger partial charge in [-0.05, 0) is 17.7 Å². The SMILES string of the molecule is CONCc1cc(-n2c(=O)cc(C(F)(F)F)n(C)c2=O)c(F)cc1C#N. The van der Waals surface area contributed by atoms with Gasteiger partial charge in [-0.2, -0.15) is 23.9 Å². The summed E-state index contributed by atoms with van der Waals surface area (Å²) >= 11 is 0. The molecule has 0 aliphatic carbocycles. The van der Waals surface area contributed by atoms with Crippen molar-refractivity contribution < 1.29 is 22.4 Å². The van der Waals surface area contributed by atoms with Gasteiger partial charge in [0.2, 0.25) is 0 Å². The highest BCUT2D eigenvalue weighted by molar-refractivity contribution is 5.47. The van der Waals surface area contributed by atoms with Crippen molar-refractivity contribution in [3.8, 4) is 11.8 Å². The first kappa shape index (κ1) is 19.4. The number of benzene rings is 1. The summed E-state index contributed by atoms with van der Waals surface area (Å²) in [4.78, 5) is 28.9. The van der Waals surface area contributed by atoms with Gasteiger partial charge in [0.15, 0.2) is 0 Å². The zero-order valence-electron chi connectivity index (χ0n) is 13.5. The number of hydrogen-bond donors (Lipinski definition) is 1. The van der Waals surface area contributed by atoms with Crippen LogP contribution >= 0.6 is 0 Å². The Morgan fingerprint density at radius 3 is 2.46 bits per heavy atom. The van der Waals surface area contributed by atoms with Gasteiger partial charge in [-0.3, -0.25) is 9.36 Å². The van der Waals surface area contributed by atoms with E-state index in [0.717, 1.165) is 19.2 Å². The Morgan fingerprint density at radius 2 is 1.92 bits per heavy atom. The lowest BCUT2D eigenvalue weighted by atomic mass is 10.1. The lowest BCUT2D eigenvalue weighted by Gasteiger charge is -2.15. The molecule has 138 valence electrons. The van der Waals surface area contributed by atoms with Gasteiger partial charge in [0.05, 0.1) is 24.4 Å². The third-order valence-corrected chi connectivity index (χ3v) is 3.55. The molecule has 0 unspecified atom stereocenters. The third kappa shape index (κ3) is 3.51. The van der Waals surface area contributed by atoms with Crippen molar-refractivity contribution in [2.75, 3.05) is 7.11 Å². The summed E-state index contributed by atoms with van der Waals surface area (Å²) in [6.07, 6.45) is -4.93. The lowest BCUT2D eigenvalue weighted by Crippen LogP contribution is -2.41. The van der Waals surface area contributed by atoms with E-state index in [1.165, 1.54) is 7.11 Å². The molecule has 0 saturated carbocycles. The number of hydroxylamine groups is 1. The summed E-state index contributed by atoms with van der Waals surface area (Å²) in [7, 11) is 2.11. The Labute approximate surface area is 143 Å². The Morgan fingerprint density at radius 1 is 1.27 bits per heavy atom. The van der Waals surface area contributed by atoms with E-state index in [0.29, 0.717) is 0 Å². The molecule has 1 heterocycles. The maximum absolute atomic E-state index is 14.3. The van der Waals surface area contributed by atoms with Crippen LogP contribution in [-0.4, -0.2) is 16.2 Å². The molecule has 0 saturated heterocycles. The highest BCUT2D eigenvalue weighted by Gasteiger charge is 2.35. The van der Waals surface area contributed by atoms with Gasteiger partial charge >= 0.3 is 11.9 Å². The van der Waals surface area contributed by atoms with E-state index in [1.807, 2.05) is 0 Å². The van der Waals surface area contributed by atoms with Crippen LogP contribution in [0, 0.1) is 17.1 Å². The summed E-state index contributed by atoms with van der Waals surface area (Å²) in [6, 6.07) is 3.75. The number of nitrogens with zero attached hydrogens (tertiary/aromatic N) is 3. The molecule has 1 N–H and O–H groups in total. The largest absolute Gasteiger partial charge is 0.431 e. The molecule has 26 heavy (non-hydrogen) atoms. The van der Waals surface area contributed by atoms with Crippen LogP contribution in [0.1, 0.15) is 16.8 Å². The van der Waals surface area contributed by atoms with E-state index >= 15 is 0 Å². The fraction of sp³-hybridized carbons (Fsp3) is 0.267. The zero-order valence-corrected chi connectivity index (χ0v) is 13.5. The molecule has 0 aliphatic heterocycles. The normalized spacial score (nSPS) is 11.4. The number of halogens is 4. The first-order valence-electron chi connectivity index (χ1n) is 7.00. The topological polar surface area (TPSA) is 89.0 Å². The Hall–Kier alpha value is -2.97. The van der Waals surface area contributed by atoms with E-state index in [9.17, 15) is 27.2 Å². The van der Waals surface area contributed by atoms with Gasteiger partial charge in [-0.15, -0.1) is 0 Å². The molecule has 0 aliphatic rings. The van der Waals surface area contributed by atoms with Gasteiger partial charge in [0.25, 0.3) is 5.56 Å². The van der Waals surface area contributed by atoms with E-state index in [-0.39, 0.29) is 32.9 Å². The lowest BCUT2D eigenvalue weighted by molar-refractivity contribution is -0.144. The number of aromatic nitrogens is 2. The molecule has 0 atom stereocenters. The summed E-state index contributed by atoms with van der Waals surface area (Å²) < 4.78 is 53.4. The molecule has 0 radical (unpaired) electrons. The molecule has 0 amide bonds. The Balaban J connectivity index is 2.77. The van der Waals surface area contributed by atoms with Gasteiger partial charge in [0.1, 0.15) is 11.5 Å². The number of alkyl halides is 3. The Kier molecular flexibility index (Phi) is 5.29. The monoisotopic (exact) mass is 372 g/mol. The number of nitrogens with one attached hydrogen (secondary N) is 1.